The van der Waals surface area contributed by atoms with Gasteiger partial charge in [0.2, 0.25) is 0 Å². The molecule has 3 rings (SSSR count). The molecule has 0 radical (unpaired) electrons. The monoisotopic (exact) mass is 358 g/mol. The predicted molar refractivity (Wildman–Crippen MR) is 97.8 cm³/mol. The molecule has 3 nitrogen and oxygen atoms in total. The molecule has 1 aliphatic rings. The Kier molecular flexibility index (Phi) is 5.99. The van der Waals surface area contributed by atoms with Crippen LogP contribution in [-0.4, -0.2) is 30.4 Å². The lowest BCUT2D eigenvalue weighted by Crippen LogP contribution is -2.32. The minimum atomic E-state index is -0.563. The van der Waals surface area contributed by atoms with E-state index >= 15 is 0 Å². The fourth-order valence-corrected chi connectivity index (χ4v) is 3.51. The first-order valence-corrected chi connectivity index (χ1v) is 9.11. The van der Waals surface area contributed by atoms with Crippen molar-refractivity contribution in [1.29, 1.82) is 0 Å². The quantitative estimate of drug-likeness (QED) is 0.841. The van der Waals surface area contributed by atoms with E-state index in [0.29, 0.717) is 36.6 Å². The van der Waals surface area contributed by atoms with E-state index in [1.54, 1.807) is 0 Å². The molecule has 1 N–H and O–H groups in total. The average molecular weight is 358 g/mol. The highest BCUT2D eigenvalue weighted by Crippen LogP contribution is 2.23. The van der Waals surface area contributed by atoms with Crippen LogP contribution in [0.3, 0.4) is 0 Å². The number of nitrogens with one attached hydrogen (secondary N) is 1. The molecule has 26 heavy (non-hydrogen) atoms. The van der Waals surface area contributed by atoms with Gasteiger partial charge in [0.25, 0.3) is 5.91 Å². The number of benzene rings is 2. The molecule has 5 heteroatoms. The van der Waals surface area contributed by atoms with Gasteiger partial charge in [0.15, 0.2) is 0 Å². The van der Waals surface area contributed by atoms with Gasteiger partial charge in [-0.2, -0.15) is 0 Å². The molecule has 0 spiro atoms. The third-order valence-corrected chi connectivity index (χ3v) is 4.99. The Morgan fingerprint density at radius 2 is 2.00 bits per heavy atom. The molecule has 0 aromatic heterocycles. The lowest BCUT2D eigenvalue weighted by molar-refractivity contribution is 0.0787. The van der Waals surface area contributed by atoms with E-state index in [4.69, 9.17) is 0 Å². The second-order valence-electron chi connectivity index (χ2n) is 6.81. The highest BCUT2D eigenvalue weighted by atomic mass is 19.1. The fraction of sp³-hybridized carbons (Fsp3) is 0.381. The molecule has 1 amide bonds. The van der Waals surface area contributed by atoms with Crippen LogP contribution in [0.15, 0.2) is 48.5 Å². The van der Waals surface area contributed by atoms with Crippen molar-refractivity contribution >= 4 is 5.91 Å². The Labute approximate surface area is 153 Å². The molecule has 0 unspecified atom stereocenters. The summed E-state index contributed by atoms with van der Waals surface area (Å²) >= 11 is 0. The summed E-state index contributed by atoms with van der Waals surface area (Å²) in [6.45, 7) is 4.11. The number of carbonyl (C=O) groups excluding carboxylic acids is 1. The molecule has 2 aromatic carbocycles. The number of carbonyl (C=O) groups is 1. The number of amides is 1. The van der Waals surface area contributed by atoms with Crippen molar-refractivity contribution in [3.05, 3.63) is 71.3 Å². The molecule has 2 aromatic rings. The molecule has 0 saturated carbocycles. The smallest absolute Gasteiger partial charge is 0.253 e. The molecular formula is C21H24F2N2O. The topological polar surface area (TPSA) is 32.3 Å². The van der Waals surface area contributed by atoms with Gasteiger partial charge in [0.05, 0.1) is 0 Å². The summed E-state index contributed by atoms with van der Waals surface area (Å²) in [6, 6.07) is 12.9. The van der Waals surface area contributed by atoms with Gasteiger partial charge < -0.3 is 10.2 Å². The summed E-state index contributed by atoms with van der Waals surface area (Å²) < 4.78 is 27.1. The highest BCUT2D eigenvalue weighted by Gasteiger charge is 2.27. The Morgan fingerprint density at radius 1 is 1.23 bits per heavy atom. The Balaban J connectivity index is 1.56. The zero-order valence-electron chi connectivity index (χ0n) is 14.9. The lowest BCUT2D eigenvalue weighted by atomic mass is 10.0. The van der Waals surface area contributed by atoms with E-state index in [2.05, 4.69) is 5.32 Å². The number of likely N-dealkylation sites (tertiary alicyclic amines) is 1. The Bertz CT molecular complexity index is 751. The first kappa shape index (κ1) is 18.5. The highest BCUT2D eigenvalue weighted by molar-refractivity contribution is 5.94. The van der Waals surface area contributed by atoms with E-state index in [1.165, 1.54) is 12.1 Å². The van der Waals surface area contributed by atoms with Crippen LogP contribution < -0.4 is 5.32 Å². The van der Waals surface area contributed by atoms with Crippen LogP contribution in [-0.2, 0) is 0 Å². The first-order valence-electron chi connectivity index (χ1n) is 9.11. The number of hydrogen-bond acceptors (Lipinski definition) is 2. The maximum Gasteiger partial charge on any atom is 0.253 e. The SMILES string of the molecule is CC[C@@H](NC[C@H]1CCN(C(=O)c2ccccc2)C1)c1ccc(F)cc1F. The van der Waals surface area contributed by atoms with E-state index in [9.17, 15) is 13.6 Å². The summed E-state index contributed by atoms with van der Waals surface area (Å²) in [5.74, 6) is -0.687. The van der Waals surface area contributed by atoms with Crippen LogP contribution in [0.1, 0.15) is 41.7 Å². The third kappa shape index (κ3) is 4.28. The van der Waals surface area contributed by atoms with E-state index in [1.807, 2.05) is 42.2 Å². The zero-order chi connectivity index (χ0) is 18.5. The first-order chi connectivity index (χ1) is 12.6. The fourth-order valence-electron chi connectivity index (χ4n) is 3.51. The van der Waals surface area contributed by atoms with E-state index < -0.39 is 11.6 Å². The van der Waals surface area contributed by atoms with Crippen LogP contribution >= 0.6 is 0 Å². The molecule has 138 valence electrons. The van der Waals surface area contributed by atoms with Crippen molar-refractivity contribution in [2.45, 2.75) is 25.8 Å². The Hall–Kier alpha value is -2.27. The van der Waals surface area contributed by atoms with Crippen molar-refractivity contribution < 1.29 is 13.6 Å². The van der Waals surface area contributed by atoms with Crippen LogP contribution in [0, 0.1) is 17.6 Å². The van der Waals surface area contributed by atoms with Crippen LogP contribution in [0.2, 0.25) is 0 Å². The van der Waals surface area contributed by atoms with Crippen LogP contribution in [0.4, 0.5) is 8.78 Å². The summed E-state index contributed by atoms with van der Waals surface area (Å²) in [4.78, 5) is 14.4. The van der Waals surface area contributed by atoms with Gasteiger partial charge in [-0.3, -0.25) is 4.79 Å². The van der Waals surface area contributed by atoms with Crippen molar-refractivity contribution in [2.75, 3.05) is 19.6 Å². The van der Waals surface area contributed by atoms with Crippen molar-refractivity contribution in [3.8, 4) is 0 Å². The summed E-state index contributed by atoms with van der Waals surface area (Å²) in [5.41, 5.74) is 1.20. The lowest BCUT2D eigenvalue weighted by Gasteiger charge is -2.21. The van der Waals surface area contributed by atoms with Gasteiger partial charge in [-0.25, -0.2) is 8.78 Å². The zero-order valence-corrected chi connectivity index (χ0v) is 14.9. The summed E-state index contributed by atoms with van der Waals surface area (Å²) in [6.07, 6.45) is 1.63. The molecule has 1 heterocycles. The van der Waals surface area contributed by atoms with Crippen molar-refractivity contribution in [3.63, 3.8) is 0 Å². The molecule has 1 fully saturated rings. The molecule has 0 bridgehead atoms. The van der Waals surface area contributed by atoms with E-state index in [0.717, 1.165) is 19.0 Å². The predicted octanol–water partition coefficient (Wildman–Crippen LogP) is 4.17. The van der Waals surface area contributed by atoms with Gasteiger partial charge in [-0.15, -0.1) is 0 Å². The minimum absolute atomic E-state index is 0.0599. The molecule has 0 aliphatic carbocycles. The third-order valence-electron chi connectivity index (χ3n) is 4.99. The van der Waals surface area contributed by atoms with Crippen LogP contribution in [0.25, 0.3) is 0 Å². The maximum absolute atomic E-state index is 14.0. The second kappa shape index (κ2) is 8.41. The van der Waals surface area contributed by atoms with Gasteiger partial charge >= 0.3 is 0 Å². The normalized spacial score (nSPS) is 18.1. The second-order valence-corrected chi connectivity index (χ2v) is 6.81. The molecular weight excluding hydrogens is 334 g/mol. The number of halogens is 2. The number of nitrogens with zero attached hydrogens (tertiary/aromatic N) is 1. The maximum atomic E-state index is 14.0. The summed E-state index contributed by atoms with van der Waals surface area (Å²) in [5, 5.41) is 3.39. The Morgan fingerprint density at radius 3 is 2.69 bits per heavy atom. The van der Waals surface area contributed by atoms with E-state index in [-0.39, 0.29) is 11.9 Å². The van der Waals surface area contributed by atoms with Gasteiger partial charge in [-0.05, 0) is 37.0 Å². The molecule has 1 saturated heterocycles. The van der Waals surface area contributed by atoms with Crippen molar-refractivity contribution in [2.24, 2.45) is 5.92 Å². The van der Waals surface area contributed by atoms with Gasteiger partial charge in [0.1, 0.15) is 11.6 Å². The molecule has 1 aliphatic heterocycles. The summed E-state index contributed by atoms with van der Waals surface area (Å²) in [7, 11) is 0. The minimum Gasteiger partial charge on any atom is -0.338 e. The average Bonchev–Trinajstić information content (AvgIpc) is 3.12. The van der Waals surface area contributed by atoms with Crippen molar-refractivity contribution in [1.82, 2.24) is 10.2 Å². The number of hydrogen-bond donors (Lipinski definition) is 1. The van der Waals surface area contributed by atoms with Gasteiger partial charge in [-0.1, -0.05) is 31.2 Å². The standard InChI is InChI=1S/C21H24F2N2O/c1-2-20(18-9-8-17(22)12-19(18)23)24-13-15-10-11-25(14-15)21(26)16-6-4-3-5-7-16/h3-9,12,15,20,24H,2,10-11,13-14H2,1H3/t15-,20-/m1/s1. The number of rotatable bonds is 6. The van der Waals surface area contributed by atoms with Gasteiger partial charge in [0, 0.05) is 42.9 Å². The largest absolute Gasteiger partial charge is 0.338 e. The van der Waals surface area contributed by atoms with Crippen LogP contribution in [0.5, 0.6) is 0 Å². The molecule has 2 atom stereocenters.